The van der Waals surface area contributed by atoms with Crippen LogP contribution in [0.4, 0.5) is 0 Å². The van der Waals surface area contributed by atoms with E-state index in [1.807, 2.05) is 24.3 Å². The Bertz CT molecular complexity index is 536. The largest absolute Gasteiger partial charge is 0.339 e. The molecule has 0 bridgehead atoms. The van der Waals surface area contributed by atoms with Gasteiger partial charge < -0.3 is 9.84 Å². The lowest BCUT2D eigenvalue weighted by Gasteiger charge is -2.20. The highest BCUT2D eigenvalue weighted by atomic mass is 35.5. The van der Waals surface area contributed by atoms with Crippen molar-refractivity contribution in [2.45, 2.75) is 19.3 Å². The Morgan fingerprint density at radius 3 is 2.60 bits per heavy atom. The van der Waals surface area contributed by atoms with Gasteiger partial charge in [0, 0.05) is 17.0 Å². The van der Waals surface area contributed by atoms with E-state index in [2.05, 4.69) is 15.5 Å². The maximum absolute atomic E-state index is 5.86. The van der Waals surface area contributed by atoms with Crippen molar-refractivity contribution in [2.75, 3.05) is 13.1 Å². The molecule has 108 valence electrons. The van der Waals surface area contributed by atoms with Crippen molar-refractivity contribution in [3.8, 4) is 11.4 Å². The van der Waals surface area contributed by atoms with E-state index in [4.69, 9.17) is 16.1 Å². The normalized spacial score (nSPS) is 15.8. The number of halogens is 2. The number of benzene rings is 1. The third kappa shape index (κ3) is 3.72. The van der Waals surface area contributed by atoms with Crippen LogP contribution in [0.3, 0.4) is 0 Å². The van der Waals surface area contributed by atoms with Crippen LogP contribution in [0.5, 0.6) is 0 Å². The standard InChI is InChI=1S/C14H16ClN3O.ClH/c15-12-3-1-11(2-4-12)14-17-13(19-18-14)9-10-5-7-16-8-6-10;/h1-4,10,16H,5-9H2;1H. The van der Waals surface area contributed by atoms with E-state index in [9.17, 15) is 0 Å². The summed E-state index contributed by atoms with van der Waals surface area (Å²) in [7, 11) is 0. The minimum absolute atomic E-state index is 0. The molecule has 0 amide bonds. The van der Waals surface area contributed by atoms with Gasteiger partial charge in [0.2, 0.25) is 11.7 Å². The van der Waals surface area contributed by atoms with E-state index in [0.29, 0.717) is 16.8 Å². The highest BCUT2D eigenvalue weighted by Gasteiger charge is 2.17. The molecule has 3 rings (SSSR count). The Labute approximate surface area is 129 Å². The summed E-state index contributed by atoms with van der Waals surface area (Å²) < 4.78 is 5.34. The van der Waals surface area contributed by atoms with Gasteiger partial charge in [0.05, 0.1) is 0 Å². The van der Waals surface area contributed by atoms with E-state index in [0.717, 1.165) is 31.0 Å². The van der Waals surface area contributed by atoms with Crippen LogP contribution in [0.1, 0.15) is 18.7 Å². The van der Waals surface area contributed by atoms with E-state index in [1.54, 1.807) is 0 Å². The van der Waals surface area contributed by atoms with Crippen LogP contribution >= 0.6 is 24.0 Å². The van der Waals surface area contributed by atoms with Crippen molar-refractivity contribution < 1.29 is 4.52 Å². The van der Waals surface area contributed by atoms with Crippen molar-refractivity contribution in [3.05, 3.63) is 35.2 Å². The Morgan fingerprint density at radius 2 is 1.90 bits per heavy atom. The molecule has 1 aromatic heterocycles. The zero-order valence-corrected chi connectivity index (χ0v) is 12.6. The van der Waals surface area contributed by atoms with Crippen molar-refractivity contribution in [1.82, 2.24) is 15.5 Å². The zero-order valence-electron chi connectivity index (χ0n) is 11.0. The molecule has 2 aromatic rings. The molecule has 1 aliphatic rings. The van der Waals surface area contributed by atoms with Crippen molar-refractivity contribution in [2.24, 2.45) is 5.92 Å². The fourth-order valence-corrected chi connectivity index (χ4v) is 2.51. The Hall–Kier alpha value is -1.10. The van der Waals surface area contributed by atoms with Gasteiger partial charge in [-0.1, -0.05) is 16.8 Å². The first-order chi connectivity index (χ1) is 9.31. The number of rotatable bonds is 3. The second kappa shape index (κ2) is 7.07. The molecule has 0 unspecified atom stereocenters. The molecule has 1 aromatic carbocycles. The van der Waals surface area contributed by atoms with Crippen molar-refractivity contribution >= 4 is 24.0 Å². The number of piperidine rings is 1. The first kappa shape index (κ1) is 15.3. The van der Waals surface area contributed by atoms with Crippen LogP contribution in [0.15, 0.2) is 28.8 Å². The Kier molecular flexibility index (Phi) is 5.40. The van der Waals surface area contributed by atoms with Crippen LogP contribution in [0.2, 0.25) is 5.02 Å². The smallest absolute Gasteiger partial charge is 0.227 e. The Balaban J connectivity index is 0.00000147. The van der Waals surface area contributed by atoms with E-state index >= 15 is 0 Å². The molecule has 20 heavy (non-hydrogen) atoms. The minimum atomic E-state index is 0. The third-order valence-electron chi connectivity index (χ3n) is 3.49. The maximum atomic E-state index is 5.86. The van der Waals surface area contributed by atoms with Gasteiger partial charge in [0.25, 0.3) is 0 Å². The highest BCUT2D eigenvalue weighted by molar-refractivity contribution is 6.30. The summed E-state index contributed by atoms with van der Waals surface area (Å²) in [5.41, 5.74) is 0.935. The lowest BCUT2D eigenvalue weighted by atomic mass is 9.95. The predicted octanol–water partition coefficient (Wildman–Crippen LogP) is 3.35. The third-order valence-corrected chi connectivity index (χ3v) is 3.74. The average molecular weight is 314 g/mol. The van der Waals surface area contributed by atoms with Crippen LogP contribution in [-0.2, 0) is 6.42 Å². The first-order valence-electron chi connectivity index (χ1n) is 6.60. The quantitative estimate of drug-likeness (QED) is 0.944. The van der Waals surface area contributed by atoms with E-state index < -0.39 is 0 Å². The molecule has 0 saturated carbocycles. The summed E-state index contributed by atoms with van der Waals surface area (Å²) in [6, 6.07) is 7.47. The molecule has 1 aliphatic heterocycles. The molecule has 6 heteroatoms. The summed E-state index contributed by atoms with van der Waals surface area (Å²) >= 11 is 5.86. The van der Waals surface area contributed by atoms with Crippen molar-refractivity contribution in [1.29, 1.82) is 0 Å². The number of hydrogen-bond donors (Lipinski definition) is 1. The summed E-state index contributed by atoms with van der Waals surface area (Å²) in [6.45, 7) is 2.17. The second-order valence-electron chi connectivity index (χ2n) is 4.92. The molecule has 2 heterocycles. The van der Waals surface area contributed by atoms with Gasteiger partial charge in [-0.15, -0.1) is 12.4 Å². The summed E-state index contributed by atoms with van der Waals surface area (Å²) in [5.74, 6) is 2.03. The van der Waals surface area contributed by atoms with Gasteiger partial charge in [-0.2, -0.15) is 4.98 Å². The molecule has 0 atom stereocenters. The molecular formula is C14H17Cl2N3O. The minimum Gasteiger partial charge on any atom is -0.339 e. The number of nitrogens with one attached hydrogen (secondary N) is 1. The lowest BCUT2D eigenvalue weighted by molar-refractivity contribution is 0.313. The Morgan fingerprint density at radius 1 is 1.20 bits per heavy atom. The van der Waals surface area contributed by atoms with Crippen molar-refractivity contribution in [3.63, 3.8) is 0 Å². The van der Waals surface area contributed by atoms with E-state index in [1.165, 1.54) is 12.8 Å². The van der Waals surface area contributed by atoms with Crippen LogP contribution in [0.25, 0.3) is 11.4 Å². The van der Waals surface area contributed by atoms with Gasteiger partial charge >= 0.3 is 0 Å². The van der Waals surface area contributed by atoms with Gasteiger partial charge in [-0.05, 0) is 56.1 Å². The first-order valence-corrected chi connectivity index (χ1v) is 6.98. The van der Waals surface area contributed by atoms with Crippen LogP contribution < -0.4 is 5.32 Å². The summed E-state index contributed by atoms with van der Waals surface area (Å²) in [4.78, 5) is 4.46. The molecule has 0 radical (unpaired) electrons. The molecule has 1 saturated heterocycles. The molecule has 4 nitrogen and oxygen atoms in total. The van der Waals surface area contributed by atoms with Gasteiger partial charge in [0.15, 0.2) is 0 Å². The topological polar surface area (TPSA) is 51.0 Å². The summed E-state index contributed by atoms with van der Waals surface area (Å²) in [5, 5.41) is 8.10. The highest BCUT2D eigenvalue weighted by Crippen LogP contribution is 2.21. The molecular weight excluding hydrogens is 297 g/mol. The van der Waals surface area contributed by atoms with E-state index in [-0.39, 0.29) is 12.4 Å². The molecule has 0 spiro atoms. The van der Waals surface area contributed by atoms with Crippen LogP contribution in [0, 0.1) is 5.92 Å². The van der Waals surface area contributed by atoms with Gasteiger partial charge in [-0.3, -0.25) is 0 Å². The SMILES string of the molecule is Cl.Clc1ccc(-c2noc(CC3CCNCC3)n2)cc1. The fraction of sp³-hybridized carbons (Fsp3) is 0.429. The molecule has 1 N–H and O–H groups in total. The maximum Gasteiger partial charge on any atom is 0.227 e. The summed E-state index contributed by atoms with van der Waals surface area (Å²) in [6.07, 6.45) is 3.24. The second-order valence-corrected chi connectivity index (χ2v) is 5.35. The molecule has 0 aliphatic carbocycles. The lowest BCUT2D eigenvalue weighted by Crippen LogP contribution is -2.28. The number of aromatic nitrogens is 2. The van der Waals surface area contributed by atoms with Gasteiger partial charge in [0.1, 0.15) is 0 Å². The zero-order chi connectivity index (χ0) is 13.1. The molecule has 1 fully saturated rings. The number of hydrogen-bond acceptors (Lipinski definition) is 4. The van der Waals surface area contributed by atoms with Crippen LogP contribution in [-0.4, -0.2) is 23.2 Å². The predicted molar refractivity (Wildman–Crippen MR) is 81.3 cm³/mol. The monoisotopic (exact) mass is 313 g/mol. The average Bonchev–Trinajstić information content (AvgIpc) is 2.89. The fourth-order valence-electron chi connectivity index (χ4n) is 2.39. The van der Waals surface area contributed by atoms with Gasteiger partial charge in [-0.25, -0.2) is 0 Å². The number of nitrogens with zero attached hydrogens (tertiary/aromatic N) is 2.